The van der Waals surface area contributed by atoms with Gasteiger partial charge in [0, 0.05) is 30.5 Å². The number of methoxy groups -OCH3 is 1. The summed E-state index contributed by atoms with van der Waals surface area (Å²) in [6, 6.07) is 11.6. The number of hydrogen-bond donors (Lipinski definition) is 3. The van der Waals surface area contributed by atoms with Crippen LogP contribution in [0.1, 0.15) is 65.5 Å². The Balaban J connectivity index is 1.32. The number of rotatable bonds is 5. The van der Waals surface area contributed by atoms with Crippen molar-refractivity contribution in [3.05, 3.63) is 83.2 Å². The molecule has 6 rings (SSSR count). The fourth-order valence-electron chi connectivity index (χ4n) is 6.04. The second kappa shape index (κ2) is 12.8. The van der Waals surface area contributed by atoms with E-state index in [1.54, 1.807) is 6.20 Å². The predicted octanol–water partition coefficient (Wildman–Crippen LogP) is 4.63. The average Bonchev–Trinajstić information content (AvgIpc) is 3.44. The van der Waals surface area contributed by atoms with Crippen molar-refractivity contribution in [2.45, 2.75) is 50.6 Å². The summed E-state index contributed by atoms with van der Waals surface area (Å²) >= 11 is 0. The Labute approximate surface area is 254 Å². The number of nitrogens with two attached hydrogens (primary N) is 1. The lowest BCUT2D eigenvalue weighted by Gasteiger charge is -2.29. The molecule has 1 aliphatic heterocycles. The molecule has 3 heterocycles. The molecule has 0 unspecified atom stereocenters. The van der Waals surface area contributed by atoms with E-state index < -0.39 is 11.7 Å². The summed E-state index contributed by atoms with van der Waals surface area (Å²) in [5, 5.41) is 6.02. The van der Waals surface area contributed by atoms with Crippen LogP contribution in [0.15, 0.2) is 54.7 Å². The Morgan fingerprint density at radius 2 is 2.07 bits per heavy atom. The highest BCUT2D eigenvalue weighted by Gasteiger charge is 2.30. The van der Waals surface area contributed by atoms with Crippen LogP contribution >= 0.6 is 0 Å². The van der Waals surface area contributed by atoms with Crippen molar-refractivity contribution >= 4 is 29.2 Å². The molecule has 2 aliphatic rings. The molecule has 4 N–H and O–H groups in total. The Kier molecular flexibility index (Phi) is 8.56. The standard InChI is InChI=1S/C33H35FN6O4/c1-43-27-12-11-23(34)17-26(27)33(42)37-18-20-7-9-21(10-8-20)29-30-31(35)36-19-25-6-3-14-44-15-13-28(41)38-24-5-2-4-22(16-24)32(39-29)40(25)30/h3,6-12,17,19,22,24H,2,4-5,13-16,18H2,1H3,(H2,35,36)(H,37,42)(H,38,41)/b6-3+/t22-,24-/m1/s1. The van der Waals surface area contributed by atoms with Gasteiger partial charge < -0.3 is 25.8 Å². The fourth-order valence-corrected chi connectivity index (χ4v) is 6.04. The topological polar surface area (TPSA) is 133 Å². The van der Waals surface area contributed by atoms with Gasteiger partial charge in [0.05, 0.1) is 37.8 Å². The predicted molar refractivity (Wildman–Crippen MR) is 165 cm³/mol. The van der Waals surface area contributed by atoms with E-state index >= 15 is 0 Å². The summed E-state index contributed by atoms with van der Waals surface area (Å²) < 4.78 is 26.7. The van der Waals surface area contributed by atoms with Gasteiger partial charge in [0.1, 0.15) is 34.4 Å². The van der Waals surface area contributed by atoms with Gasteiger partial charge in [-0.25, -0.2) is 14.4 Å². The van der Waals surface area contributed by atoms with E-state index in [1.807, 2.05) is 36.4 Å². The maximum Gasteiger partial charge on any atom is 0.255 e. The van der Waals surface area contributed by atoms with Crippen LogP contribution in [0.2, 0.25) is 0 Å². The van der Waals surface area contributed by atoms with Gasteiger partial charge in [0.2, 0.25) is 5.91 Å². The molecule has 2 aromatic heterocycles. The highest BCUT2D eigenvalue weighted by atomic mass is 19.1. The van der Waals surface area contributed by atoms with Gasteiger partial charge >= 0.3 is 0 Å². The van der Waals surface area contributed by atoms with Crippen molar-refractivity contribution in [1.29, 1.82) is 0 Å². The third kappa shape index (κ3) is 6.14. The van der Waals surface area contributed by atoms with E-state index in [2.05, 4.69) is 20.0 Å². The maximum atomic E-state index is 13.8. The normalized spacial score (nSPS) is 19.5. The van der Waals surface area contributed by atoms with Crippen molar-refractivity contribution in [2.24, 2.45) is 0 Å². The first-order valence-electron chi connectivity index (χ1n) is 14.8. The monoisotopic (exact) mass is 598 g/mol. The van der Waals surface area contributed by atoms with Crippen LogP contribution in [0.25, 0.3) is 22.9 Å². The highest BCUT2D eigenvalue weighted by molar-refractivity contribution is 5.97. The third-order valence-corrected chi connectivity index (χ3v) is 8.21. The van der Waals surface area contributed by atoms with Crippen molar-refractivity contribution in [3.63, 3.8) is 0 Å². The average molecular weight is 599 g/mol. The molecule has 2 atom stereocenters. The number of fused-ring (bicyclic) bond motifs is 3. The minimum absolute atomic E-state index is 0.00540. The summed E-state index contributed by atoms with van der Waals surface area (Å²) in [5.74, 6) is 0.741. The minimum atomic E-state index is -0.514. The minimum Gasteiger partial charge on any atom is -0.496 e. The van der Waals surface area contributed by atoms with Crippen LogP contribution in [-0.2, 0) is 16.1 Å². The molecule has 0 spiro atoms. The Hall–Kier alpha value is -4.77. The van der Waals surface area contributed by atoms with Gasteiger partial charge in [0.15, 0.2) is 0 Å². The molecule has 0 radical (unpaired) electrons. The molecule has 1 aliphatic carbocycles. The lowest BCUT2D eigenvalue weighted by atomic mass is 9.85. The number of halogens is 1. The summed E-state index contributed by atoms with van der Waals surface area (Å²) in [6.07, 6.45) is 9.59. The number of ether oxygens (including phenoxy) is 2. The van der Waals surface area contributed by atoms with Gasteiger partial charge in [-0.2, -0.15) is 0 Å². The van der Waals surface area contributed by atoms with E-state index in [1.165, 1.54) is 19.2 Å². The van der Waals surface area contributed by atoms with Crippen LogP contribution in [-0.4, -0.2) is 52.5 Å². The number of benzene rings is 2. The lowest BCUT2D eigenvalue weighted by Crippen LogP contribution is -2.38. The Morgan fingerprint density at radius 1 is 1.23 bits per heavy atom. The van der Waals surface area contributed by atoms with E-state index in [9.17, 15) is 14.0 Å². The van der Waals surface area contributed by atoms with Gasteiger partial charge in [0.25, 0.3) is 5.91 Å². The smallest absolute Gasteiger partial charge is 0.255 e. The molecule has 0 saturated heterocycles. The molecule has 1 fully saturated rings. The molecule has 44 heavy (non-hydrogen) atoms. The molecule has 1 saturated carbocycles. The highest BCUT2D eigenvalue weighted by Crippen LogP contribution is 2.38. The van der Waals surface area contributed by atoms with Crippen LogP contribution in [0.4, 0.5) is 10.2 Å². The fraction of sp³-hybridized carbons (Fsp3) is 0.333. The van der Waals surface area contributed by atoms with Crippen molar-refractivity contribution < 1.29 is 23.5 Å². The summed E-state index contributed by atoms with van der Waals surface area (Å²) in [5.41, 5.74) is 10.6. The number of carbonyl (C=O) groups excluding carboxylic acids is 2. The van der Waals surface area contributed by atoms with Crippen LogP contribution in [0.3, 0.4) is 0 Å². The van der Waals surface area contributed by atoms with Gasteiger partial charge in [-0.05, 0) is 49.1 Å². The van der Waals surface area contributed by atoms with E-state index in [0.717, 1.165) is 59.9 Å². The Morgan fingerprint density at radius 3 is 2.89 bits per heavy atom. The molecule has 2 amide bonds. The Bertz CT molecular complexity index is 1720. The van der Waals surface area contributed by atoms with Crippen molar-refractivity contribution in [2.75, 3.05) is 26.1 Å². The van der Waals surface area contributed by atoms with Crippen LogP contribution in [0.5, 0.6) is 5.75 Å². The number of amides is 2. The lowest BCUT2D eigenvalue weighted by molar-refractivity contribution is -0.123. The SMILES string of the molecule is COc1ccc(F)cc1C(=O)NCc1ccc(-c2nc3n4c(cnc(N)c24)/C=C/COCCC(=O)N[C@@H]2CCC[C@@H]3C2)cc1. The number of nitrogens with one attached hydrogen (secondary N) is 2. The van der Waals surface area contributed by atoms with Crippen molar-refractivity contribution in [1.82, 2.24) is 25.0 Å². The van der Waals surface area contributed by atoms with Crippen LogP contribution in [0, 0.1) is 5.82 Å². The van der Waals surface area contributed by atoms with Crippen LogP contribution < -0.4 is 21.1 Å². The summed E-state index contributed by atoms with van der Waals surface area (Å²) in [6.45, 7) is 0.970. The first-order chi connectivity index (χ1) is 21.4. The number of carbonyl (C=O) groups is 2. The second-order valence-corrected chi connectivity index (χ2v) is 11.2. The number of nitrogens with zero attached hydrogens (tertiary/aromatic N) is 3. The largest absolute Gasteiger partial charge is 0.496 e. The van der Waals surface area contributed by atoms with Gasteiger partial charge in [-0.15, -0.1) is 0 Å². The molecular formula is C33H35FN6O4. The van der Waals surface area contributed by atoms with Gasteiger partial charge in [-0.1, -0.05) is 36.8 Å². The number of nitrogen functional groups attached to an aromatic ring is 1. The zero-order chi connectivity index (χ0) is 30.6. The number of anilines is 1. The zero-order valence-corrected chi connectivity index (χ0v) is 24.5. The second-order valence-electron chi connectivity index (χ2n) is 11.2. The first kappa shape index (κ1) is 29.3. The maximum absolute atomic E-state index is 13.8. The molecule has 10 nitrogen and oxygen atoms in total. The molecule has 11 heteroatoms. The van der Waals surface area contributed by atoms with E-state index in [0.29, 0.717) is 36.9 Å². The number of hydrogen-bond acceptors (Lipinski definition) is 7. The summed E-state index contributed by atoms with van der Waals surface area (Å²) in [7, 11) is 1.44. The van der Waals surface area contributed by atoms with E-state index in [-0.39, 0.29) is 30.0 Å². The molecular weight excluding hydrogens is 563 g/mol. The van der Waals surface area contributed by atoms with Gasteiger partial charge in [-0.3, -0.25) is 14.0 Å². The molecule has 2 aromatic carbocycles. The number of imidazole rings is 1. The molecule has 4 aromatic rings. The quantitative estimate of drug-likeness (QED) is 0.305. The first-order valence-corrected chi connectivity index (χ1v) is 14.8. The molecule has 2 bridgehead atoms. The van der Waals surface area contributed by atoms with E-state index in [4.69, 9.17) is 20.2 Å². The third-order valence-electron chi connectivity index (χ3n) is 8.21. The number of aromatic nitrogens is 3. The molecule has 228 valence electrons. The zero-order valence-electron chi connectivity index (χ0n) is 24.5. The van der Waals surface area contributed by atoms with Crippen molar-refractivity contribution in [3.8, 4) is 17.0 Å². The summed E-state index contributed by atoms with van der Waals surface area (Å²) in [4.78, 5) is 34.9.